The fourth-order valence-electron chi connectivity index (χ4n) is 3.84. The third-order valence-corrected chi connectivity index (χ3v) is 4.75. The number of nitrogens with two attached hydrogens (primary N) is 1. The van der Waals surface area contributed by atoms with Crippen molar-refractivity contribution in [1.29, 1.82) is 0 Å². The molecule has 120 valence electrons. The van der Waals surface area contributed by atoms with E-state index in [4.69, 9.17) is 24.7 Å². The lowest BCUT2D eigenvalue weighted by molar-refractivity contribution is -0.281. The topological polar surface area (TPSA) is 62.9 Å². The van der Waals surface area contributed by atoms with Crippen molar-refractivity contribution < 1.29 is 18.9 Å². The average molecular weight is 305 g/mol. The summed E-state index contributed by atoms with van der Waals surface area (Å²) in [4.78, 5) is 0. The van der Waals surface area contributed by atoms with Gasteiger partial charge in [0.25, 0.3) is 0 Å². The molecule has 1 aromatic carbocycles. The second kappa shape index (κ2) is 5.01. The Labute approximate surface area is 130 Å². The van der Waals surface area contributed by atoms with E-state index in [1.165, 1.54) is 0 Å². The molecule has 0 aliphatic carbocycles. The van der Waals surface area contributed by atoms with Crippen LogP contribution in [0, 0.1) is 0 Å². The van der Waals surface area contributed by atoms with Crippen molar-refractivity contribution in [2.24, 2.45) is 5.73 Å². The Morgan fingerprint density at radius 3 is 2.77 bits per heavy atom. The zero-order valence-electron chi connectivity index (χ0n) is 13.0. The molecule has 0 radical (unpaired) electrons. The predicted octanol–water partition coefficient (Wildman–Crippen LogP) is 1.94. The van der Waals surface area contributed by atoms with Gasteiger partial charge in [0.2, 0.25) is 5.79 Å². The summed E-state index contributed by atoms with van der Waals surface area (Å²) >= 11 is 0. The van der Waals surface area contributed by atoms with Crippen LogP contribution in [0.4, 0.5) is 0 Å². The minimum absolute atomic E-state index is 0.0349. The van der Waals surface area contributed by atoms with Gasteiger partial charge < -0.3 is 24.7 Å². The second-order valence-corrected chi connectivity index (χ2v) is 6.90. The molecular formula is C17H23NO4. The highest BCUT2D eigenvalue weighted by Crippen LogP contribution is 2.52. The van der Waals surface area contributed by atoms with Crippen LogP contribution in [0.2, 0.25) is 0 Å². The molecule has 5 heteroatoms. The number of ether oxygens (including phenoxy) is 4. The average Bonchev–Trinajstić information content (AvgIpc) is 2.87. The van der Waals surface area contributed by atoms with Gasteiger partial charge in [-0.15, -0.1) is 0 Å². The molecule has 1 aromatic rings. The summed E-state index contributed by atoms with van der Waals surface area (Å²) < 4.78 is 24.5. The van der Waals surface area contributed by atoms with Crippen molar-refractivity contribution in [3.05, 3.63) is 35.9 Å². The molecule has 4 rings (SSSR count). The summed E-state index contributed by atoms with van der Waals surface area (Å²) in [6.45, 7) is 4.36. The summed E-state index contributed by atoms with van der Waals surface area (Å²) in [5.74, 6) is -1.34. The first kappa shape index (κ1) is 14.6. The van der Waals surface area contributed by atoms with E-state index in [0.717, 1.165) is 18.4 Å². The Kier molecular flexibility index (Phi) is 3.33. The smallest absolute Gasteiger partial charge is 0.201 e. The van der Waals surface area contributed by atoms with E-state index in [2.05, 4.69) is 0 Å². The van der Waals surface area contributed by atoms with Crippen LogP contribution in [0.15, 0.2) is 30.3 Å². The molecule has 0 aromatic heterocycles. The SMILES string of the molecule is CC1(C)O[C@H]2[C@@H](OCc3ccccc3)[C@H]3O[C@@]2(CC[C@@H]3N)O1. The number of rotatable bonds is 3. The van der Waals surface area contributed by atoms with Gasteiger partial charge >= 0.3 is 0 Å². The van der Waals surface area contributed by atoms with Gasteiger partial charge in [-0.05, 0) is 25.8 Å². The Morgan fingerprint density at radius 2 is 2.00 bits per heavy atom. The third kappa shape index (κ3) is 2.28. The Bertz CT molecular complexity index is 549. The van der Waals surface area contributed by atoms with E-state index >= 15 is 0 Å². The quantitative estimate of drug-likeness (QED) is 0.924. The van der Waals surface area contributed by atoms with E-state index in [9.17, 15) is 0 Å². The van der Waals surface area contributed by atoms with Crippen molar-refractivity contribution in [2.75, 3.05) is 0 Å². The van der Waals surface area contributed by atoms with Crippen molar-refractivity contribution >= 4 is 0 Å². The molecule has 0 saturated carbocycles. The van der Waals surface area contributed by atoms with Gasteiger partial charge in [-0.3, -0.25) is 0 Å². The van der Waals surface area contributed by atoms with Crippen LogP contribution in [0.3, 0.4) is 0 Å². The highest BCUT2D eigenvalue weighted by Gasteiger charge is 2.68. The van der Waals surface area contributed by atoms with Crippen LogP contribution < -0.4 is 5.73 Å². The van der Waals surface area contributed by atoms with E-state index in [1.54, 1.807) is 0 Å². The van der Waals surface area contributed by atoms with Crippen molar-refractivity contribution in [2.45, 2.75) is 69.2 Å². The molecule has 3 saturated heterocycles. The standard InChI is InChI=1S/C17H23NO4/c1-16(2)21-15-14(19-10-11-6-4-3-5-7-11)13-12(18)8-9-17(15,20-13)22-16/h3-7,12-15H,8-10,18H2,1-2H3/t12-,13-,14-,15-,17-/m0/s1. The lowest BCUT2D eigenvalue weighted by Gasteiger charge is -2.35. The second-order valence-electron chi connectivity index (χ2n) is 6.90. The molecule has 3 aliphatic heterocycles. The third-order valence-electron chi connectivity index (χ3n) is 4.75. The maximum atomic E-state index is 6.23. The molecule has 5 nitrogen and oxygen atoms in total. The zero-order valence-corrected chi connectivity index (χ0v) is 13.0. The maximum absolute atomic E-state index is 6.23. The number of fused-ring (bicyclic) bond motifs is 1. The van der Waals surface area contributed by atoms with Crippen LogP contribution in [-0.4, -0.2) is 35.9 Å². The molecule has 3 heterocycles. The predicted molar refractivity (Wildman–Crippen MR) is 79.9 cm³/mol. The number of hydrogen-bond acceptors (Lipinski definition) is 5. The van der Waals surface area contributed by atoms with E-state index in [-0.39, 0.29) is 24.4 Å². The first-order chi connectivity index (χ1) is 10.5. The maximum Gasteiger partial charge on any atom is 0.201 e. The van der Waals surface area contributed by atoms with Gasteiger partial charge in [-0.25, -0.2) is 0 Å². The summed E-state index contributed by atoms with van der Waals surface area (Å²) in [6.07, 6.45) is 1.04. The fraction of sp³-hybridized carbons (Fsp3) is 0.647. The zero-order chi connectivity index (χ0) is 15.4. The molecule has 0 amide bonds. The monoisotopic (exact) mass is 305 g/mol. The fourth-order valence-corrected chi connectivity index (χ4v) is 3.84. The Balaban J connectivity index is 1.55. The minimum Gasteiger partial charge on any atom is -0.368 e. The molecule has 3 fully saturated rings. The Morgan fingerprint density at radius 1 is 1.23 bits per heavy atom. The lowest BCUT2D eigenvalue weighted by atomic mass is 10.0. The molecule has 5 atom stereocenters. The normalized spacial score (nSPS) is 42.3. The van der Waals surface area contributed by atoms with Crippen LogP contribution in [-0.2, 0) is 25.6 Å². The van der Waals surface area contributed by atoms with Crippen molar-refractivity contribution in [3.8, 4) is 0 Å². The summed E-state index contributed by atoms with van der Waals surface area (Å²) in [5.41, 5.74) is 7.36. The molecule has 2 N–H and O–H groups in total. The Hall–Kier alpha value is -0.980. The van der Waals surface area contributed by atoms with Gasteiger partial charge in [0.1, 0.15) is 18.3 Å². The van der Waals surface area contributed by atoms with Crippen molar-refractivity contribution in [1.82, 2.24) is 0 Å². The van der Waals surface area contributed by atoms with Gasteiger partial charge in [0.05, 0.1) is 6.61 Å². The van der Waals surface area contributed by atoms with Gasteiger partial charge in [-0.2, -0.15) is 0 Å². The van der Waals surface area contributed by atoms with Crippen molar-refractivity contribution in [3.63, 3.8) is 0 Å². The summed E-state index contributed by atoms with van der Waals surface area (Å²) in [7, 11) is 0. The van der Waals surface area contributed by atoms with E-state index < -0.39 is 11.6 Å². The summed E-state index contributed by atoms with van der Waals surface area (Å²) in [5, 5.41) is 0. The molecular weight excluding hydrogens is 282 g/mol. The van der Waals surface area contributed by atoms with Gasteiger partial charge in [-0.1, -0.05) is 30.3 Å². The van der Waals surface area contributed by atoms with E-state index in [0.29, 0.717) is 6.61 Å². The van der Waals surface area contributed by atoms with Gasteiger partial charge in [0.15, 0.2) is 5.79 Å². The molecule has 22 heavy (non-hydrogen) atoms. The highest BCUT2D eigenvalue weighted by atomic mass is 16.9. The number of benzene rings is 1. The van der Waals surface area contributed by atoms with Crippen LogP contribution in [0.1, 0.15) is 32.3 Å². The lowest BCUT2D eigenvalue weighted by Crippen LogP contribution is -2.48. The molecule has 3 aliphatic rings. The molecule has 2 bridgehead atoms. The molecule has 0 unspecified atom stereocenters. The summed E-state index contributed by atoms with van der Waals surface area (Å²) in [6, 6.07) is 10.1. The largest absolute Gasteiger partial charge is 0.368 e. The van der Waals surface area contributed by atoms with Crippen LogP contribution >= 0.6 is 0 Å². The minimum atomic E-state index is -0.689. The molecule has 1 spiro atoms. The number of hydrogen-bond donors (Lipinski definition) is 1. The van der Waals surface area contributed by atoms with Gasteiger partial charge in [0, 0.05) is 12.5 Å². The highest BCUT2D eigenvalue weighted by molar-refractivity contribution is 5.14. The first-order valence-electron chi connectivity index (χ1n) is 7.96. The van der Waals surface area contributed by atoms with E-state index in [1.807, 2.05) is 44.2 Å². The van der Waals surface area contributed by atoms with Crippen LogP contribution in [0.25, 0.3) is 0 Å². The van der Waals surface area contributed by atoms with Crippen LogP contribution in [0.5, 0.6) is 0 Å². The first-order valence-corrected chi connectivity index (χ1v) is 7.96.